The molecule has 0 bridgehead atoms. The van der Waals surface area contributed by atoms with E-state index in [9.17, 15) is 4.79 Å². The Hall–Kier alpha value is -1.37. The molecule has 1 aromatic heterocycles. The van der Waals surface area contributed by atoms with Crippen molar-refractivity contribution < 1.29 is 4.79 Å². The highest BCUT2D eigenvalue weighted by molar-refractivity contribution is 7.22. The minimum Gasteiger partial charge on any atom is -0.345 e. The minimum atomic E-state index is -0.348. The summed E-state index contributed by atoms with van der Waals surface area (Å²) in [7, 11) is 0. The smallest absolute Gasteiger partial charge is 0.239 e. The first-order valence-electron chi connectivity index (χ1n) is 7.84. The number of piperazine rings is 1. The fourth-order valence-electron chi connectivity index (χ4n) is 2.78. The molecule has 0 saturated carbocycles. The van der Waals surface area contributed by atoms with Gasteiger partial charge in [0, 0.05) is 26.2 Å². The molecule has 2 heterocycles. The van der Waals surface area contributed by atoms with Gasteiger partial charge in [-0.1, -0.05) is 36.8 Å². The first-order valence-corrected chi connectivity index (χ1v) is 8.65. The van der Waals surface area contributed by atoms with Crippen LogP contribution in [0.15, 0.2) is 24.3 Å². The van der Waals surface area contributed by atoms with Crippen molar-refractivity contribution >= 4 is 45.0 Å². The van der Waals surface area contributed by atoms with E-state index in [2.05, 4.69) is 22.9 Å². The van der Waals surface area contributed by atoms with Gasteiger partial charge in [0.25, 0.3) is 0 Å². The van der Waals surface area contributed by atoms with E-state index in [0.717, 1.165) is 49.7 Å². The van der Waals surface area contributed by atoms with E-state index in [0.29, 0.717) is 0 Å². The second-order valence-electron chi connectivity index (χ2n) is 5.67. The number of aromatic nitrogens is 1. The Morgan fingerprint density at radius 3 is 2.65 bits per heavy atom. The third-order valence-electron chi connectivity index (χ3n) is 4.06. The summed E-state index contributed by atoms with van der Waals surface area (Å²) in [5, 5.41) is 1.05. The lowest BCUT2D eigenvalue weighted by Gasteiger charge is -2.35. The number of nitrogens with zero attached hydrogens (tertiary/aromatic N) is 3. The molecule has 0 radical (unpaired) electrons. The molecule has 1 saturated heterocycles. The van der Waals surface area contributed by atoms with Crippen molar-refractivity contribution in [2.45, 2.75) is 25.8 Å². The number of carbonyl (C=O) groups is 1. The Labute approximate surface area is 146 Å². The average Bonchev–Trinajstić information content (AvgIpc) is 2.98. The van der Waals surface area contributed by atoms with E-state index in [1.807, 2.05) is 23.1 Å². The largest absolute Gasteiger partial charge is 0.345 e. The molecule has 7 heteroatoms. The van der Waals surface area contributed by atoms with Gasteiger partial charge in [-0.25, -0.2) is 4.98 Å². The number of nitrogens with two attached hydrogens (primary N) is 1. The molecule has 23 heavy (non-hydrogen) atoms. The highest BCUT2D eigenvalue weighted by atomic mass is 35.5. The maximum Gasteiger partial charge on any atom is 0.239 e. The molecular formula is C16H23ClN4OS. The molecule has 0 aliphatic carbocycles. The number of fused-ring (bicyclic) bond motifs is 1. The van der Waals surface area contributed by atoms with E-state index >= 15 is 0 Å². The number of benzene rings is 1. The second kappa shape index (κ2) is 7.95. The van der Waals surface area contributed by atoms with Crippen molar-refractivity contribution in [3.05, 3.63) is 24.3 Å². The number of anilines is 1. The van der Waals surface area contributed by atoms with Crippen LogP contribution in [0, 0.1) is 0 Å². The number of rotatable bonds is 4. The van der Waals surface area contributed by atoms with Crippen LogP contribution in [0.4, 0.5) is 5.13 Å². The van der Waals surface area contributed by atoms with Gasteiger partial charge in [-0.2, -0.15) is 0 Å². The zero-order valence-corrected chi connectivity index (χ0v) is 14.9. The standard InChI is InChI=1S/C16H22N4OS.ClH/c1-2-5-12(17)15(21)19-8-10-20(11-9-19)16-18-13-6-3-4-7-14(13)22-16;/h3-4,6-7,12H,2,5,8-11,17H2,1H3;1H. The maximum atomic E-state index is 12.2. The molecule has 5 nitrogen and oxygen atoms in total. The van der Waals surface area contributed by atoms with Crippen LogP contribution < -0.4 is 10.6 Å². The number of amides is 1. The van der Waals surface area contributed by atoms with Crippen molar-refractivity contribution in [1.82, 2.24) is 9.88 Å². The summed E-state index contributed by atoms with van der Waals surface area (Å²) in [6.45, 7) is 5.16. The van der Waals surface area contributed by atoms with E-state index in [1.165, 1.54) is 4.70 Å². The van der Waals surface area contributed by atoms with Crippen LogP contribution in [-0.2, 0) is 4.79 Å². The third-order valence-corrected chi connectivity index (χ3v) is 5.16. The van der Waals surface area contributed by atoms with Crippen LogP contribution in [-0.4, -0.2) is 48.0 Å². The zero-order valence-electron chi connectivity index (χ0n) is 13.3. The van der Waals surface area contributed by atoms with Gasteiger partial charge >= 0.3 is 0 Å². The monoisotopic (exact) mass is 354 g/mol. The zero-order chi connectivity index (χ0) is 15.5. The topological polar surface area (TPSA) is 62.5 Å². The Kier molecular flexibility index (Phi) is 6.21. The fourth-order valence-corrected chi connectivity index (χ4v) is 3.80. The lowest BCUT2D eigenvalue weighted by molar-refractivity contribution is -0.133. The normalized spacial score (nSPS) is 16.3. The van der Waals surface area contributed by atoms with Gasteiger partial charge in [0.2, 0.25) is 5.91 Å². The van der Waals surface area contributed by atoms with Crippen LogP contribution in [0.25, 0.3) is 10.2 Å². The number of thiazole rings is 1. The molecule has 126 valence electrons. The maximum absolute atomic E-state index is 12.2. The average molecular weight is 355 g/mol. The molecule has 1 fully saturated rings. The van der Waals surface area contributed by atoms with Crippen LogP contribution in [0.2, 0.25) is 0 Å². The molecule has 1 atom stereocenters. The summed E-state index contributed by atoms with van der Waals surface area (Å²) >= 11 is 1.71. The summed E-state index contributed by atoms with van der Waals surface area (Å²) in [6, 6.07) is 7.84. The molecule has 1 aromatic carbocycles. The molecule has 2 aromatic rings. The number of halogens is 1. The van der Waals surface area contributed by atoms with Crippen molar-refractivity contribution in [3.63, 3.8) is 0 Å². The Morgan fingerprint density at radius 1 is 1.30 bits per heavy atom. The Bertz CT molecular complexity index is 621. The lowest BCUT2D eigenvalue weighted by Crippen LogP contribution is -2.53. The van der Waals surface area contributed by atoms with Crippen LogP contribution in [0.1, 0.15) is 19.8 Å². The van der Waals surface area contributed by atoms with E-state index in [4.69, 9.17) is 5.73 Å². The fraction of sp³-hybridized carbons (Fsp3) is 0.500. The van der Waals surface area contributed by atoms with Crippen molar-refractivity contribution in [3.8, 4) is 0 Å². The van der Waals surface area contributed by atoms with Crippen LogP contribution >= 0.6 is 23.7 Å². The number of para-hydroxylation sites is 1. The number of hydrogen-bond acceptors (Lipinski definition) is 5. The molecule has 1 aliphatic rings. The SMILES string of the molecule is CCCC(N)C(=O)N1CCN(c2nc3ccccc3s2)CC1.Cl. The Morgan fingerprint density at radius 2 is 2.00 bits per heavy atom. The van der Waals surface area contributed by atoms with Gasteiger partial charge in [0.15, 0.2) is 5.13 Å². The molecular weight excluding hydrogens is 332 g/mol. The summed E-state index contributed by atoms with van der Waals surface area (Å²) in [6.07, 6.45) is 1.70. The summed E-state index contributed by atoms with van der Waals surface area (Å²) in [5.74, 6) is 0.0887. The predicted molar refractivity (Wildman–Crippen MR) is 98.5 cm³/mol. The van der Waals surface area contributed by atoms with Crippen molar-refractivity contribution in [2.75, 3.05) is 31.1 Å². The van der Waals surface area contributed by atoms with E-state index < -0.39 is 0 Å². The molecule has 0 spiro atoms. The van der Waals surface area contributed by atoms with E-state index in [-0.39, 0.29) is 24.4 Å². The van der Waals surface area contributed by atoms with Crippen LogP contribution in [0.3, 0.4) is 0 Å². The van der Waals surface area contributed by atoms with Gasteiger partial charge in [-0.15, -0.1) is 12.4 Å². The molecule has 3 rings (SSSR count). The van der Waals surface area contributed by atoms with Gasteiger partial charge < -0.3 is 15.5 Å². The summed E-state index contributed by atoms with van der Waals surface area (Å²) in [5.41, 5.74) is 6.99. The van der Waals surface area contributed by atoms with Gasteiger partial charge in [-0.05, 0) is 18.6 Å². The van der Waals surface area contributed by atoms with Gasteiger partial charge in [0.05, 0.1) is 16.3 Å². The third kappa shape index (κ3) is 3.94. The predicted octanol–water partition coefficient (Wildman–Crippen LogP) is 2.49. The van der Waals surface area contributed by atoms with E-state index in [1.54, 1.807) is 11.3 Å². The minimum absolute atomic E-state index is 0. The highest BCUT2D eigenvalue weighted by Crippen LogP contribution is 2.29. The summed E-state index contributed by atoms with van der Waals surface area (Å²) < 4.78 is 1.21. The van der Waals surface area contributed by atoms with Gasteiger partial charge in [0.1, 0.15) is 0 Å². The number of carbonyl (C=O) groups excluding carboxylic acids is 1. The van der Waals surface area contributed by atoms with Crippen LogP contribution in [0.5, 0.6) is 0 Å². The Balaban J connectivity index is 0.00000192. The number of hydrogen-bond donors (Lipinski definition) is 1. The lowest BCUT2D eigenvalue weighted by atomic mass is 10.1. The quantitative estimate of drug-likeness (QED) is 0.916. The highest BCUT2D eigenvalue weighted by Gasteiger charge is 2.25. The molecule has 1 unspecified atom stereocenters. The van der Waals surface area contributed by atoms with Gasteiger partial charge in [-0.3, -0.25) is 4.79 Å². The summed E-state index contributed by atoms with van der Waals surface area (Å²) in [4.78, 5) is 21.1. The first-order chi connectivity index (χ1) is 10.7. The first kappa shape index (κ1) is 18.0. The molecule has 1 aliphatic heterocycles. The molecule has 2 N–H and O–H groups in total. The second-order valence-corrected chi connectivity index (χ2v) is 6.68. The molecule has 1 amide bonds. The van der Waals surface area contributed by atoms with Crippen molar-refractivity contribution in [2.24, 2.45) is 5.73 Å². The van der Waals surface area contributed by atoms with Crippen molar-refractivity contribution in [1.29, 1.82) is 0 Å².